The number of nitro groups is 1. The van der Waals surface area contributed by atoms with Crippen molar-refractivity contribution in [3.63, 3.8) is 0 Å². The van der Waals surface area contributed by atoms with E-state index < -0.39 is 27.9 Å². The van der Waals surface area contributed by atoms with Crippen molar-refractivity contribution in [2.24, 2.45) is 0 Å². The Morgan fingerprint density at radius 3 is 2.36 bits per heavy atom. The van der Waals surface area contributed by atoms with E-state index in [1.807, 2.05) is 0 Å². The molecule has 0 bridgehead atoms. The first-order valence-electron chi connectivity index (χ1n) is 3.21. The van der Waals surface area contributed by atoms with Gasteiger partial charge >= 0.3 is 35.5 Å². The van der Waals surface area contributed by atoms with Crippen LogP contribution in [-0.2, 0) is 0 Å². The molecule has 0 saturated carbocycles. The molecule has 0 saturated heterocycles. The monoisotopic (exact) mass is 205 g/mol. The molecule has 1 rings (SSSR count). The molecule has 6 nitrogen and oxygen atoms in total. The maximum Gasteiger partial charge on any atom is 1.00 e. The van der Waals surface area contributed by atoms with Crippen molar-refractivity contribution in [3.05, 3.63) is 33.9 Å². The first-order valence-corrected chi connectivity index (χ1v) is 3.21. The molecular formula is C7H4NNaO5. The summed E-state index contributed by atoms with van der Waals surface area (Å²) in [6.45, 7) is 0. The van der Waals surface area contributed by atoms with E-state index in [0.717, 1.165) is 12.1 Å². The summed E-state index contributed by atoms with van der Waals surface area (Å²) in [5.41, 5.74) is -0.874. The van der Waals surface area contributed by atoms with Gasteiger partial charge < -0.3 is 10.2 Å². The van der Waals surface area contributed by atoms with Gasteiger partial charge in [-0.05, 0) is 6.07 Å². The quantitative estimate of drug-likeness (QED) is 0.323. The molecule has 0 spiro atoms. The molecule has 14 heavy (non-hydrogen) atoms. The predicted octanol–water partition coefficient (Wildman–Crippen LogP) is -2.63. The van der Waals surface area contributed by atoms with Crippen molar-refractivity contribution in [2.75, 3.05) is 0 Å². The zero-order valence-electron chi connectivity index (χ0n) is 7.26. The van der Waals surface area contributed by atoms with Gasteiger partial charge in [0.25, 0.3) is 5.69 Å². The Bertz CT molecular complexity index is 378. The summed E-state index contributed by atoms with van der Waals surface area (Å²) in [6.07, 6.45) is 0. The number of carboxylic acid groups (broad SMARTS) is 1. The van der Waals surface area contributed by atoms with Crippen molar-refractivity contribution < 1.29 is 49.5 Å². The van der Waals surface area contributed by atoms with E-state index in [1.165, 1.54) is 0 Å². The summed E-state index contributed by atoms with van der Waals surface area (Å²) >= 11 is 0. The minimum absolute atomic E-state index is 0. The molecule has 0 aliphatic carbocycles. The van der Waals surface area contributed by atoms with Crippen LogP contribution in [0.4, 0.5) is 5.69 Å². The number of hydrogen-bond acceptors (Lipinski definition) is 4. The Morgan fingerprint density at radius 2 is 2.00 bits per heavy atom. The van der Waals surface area contributed by atoms with E-state index >= 15 is 0 Å². The van der Waals surface area contributed by atoms with E-state index in [0.29, 0.717) is 6.07 Å². The van der Waals surface area contributed by atoms with Crippen molar-refractivity contribution in [2.45, 2.75) is 0 Å². The van der Waals surface area contributed by atoms with Gasteiger partial charge in [0.05, 0.1) is 10.5 Å². The summed E-state index contributed by atoms with van der Waals surface area (Å²) in [5.74, 6) is -2.25. The van der Waals surface area contributed by atoms with Gasteiger partial charge in [0.15, 0.2) is 0 Å². The van der Waals surface area contributed by atoms with E-state index in [1.54, 1.807) is 0 Å². The normalized spacial score (nSPS) is 8.86. The molecule has 0 fully saturated rings. The van der Waals surface area contributed by atoms with Gasteiger partial charge in [0, 0.05) is 12.1 Å². The Hall–Kier alpha value is -1.11. The molecule has 0 atom stereocenters. The zero-order chi connectivity index (χ0) is 10.0. The first kappa shape index (κ1) is 12.9. The van der Waals surface area contributed by atoms with Crippen LogP contribution < -0.4 is 34.7 Å². The molecule has 1 aromatic carbocycles. The molecular weight excluding hydrogens is 201 g/mol. The van der Waals surface area contributed by atoms with Crippen molar-refractivity contribution >= 4 is 11.7 Å². The second-order valence-electron chi connectivity index (χ2n) is 2.24. The molecule has 7 heteroatoms. The zero-order valence-corrected chi connectivity index (χ0v) is 9.26. The summed E-state index contributed by atoms with van der Waals surface area (Å²) in [7, 11) is 0. The molecule has 0 heterocycles. The maximum atomic E-state index is 10.9. The van der Waals surface area contributed by atoms with E-state index in [4.69, 9.17) is 5.11 Å². The Morgan fingerprint density at radius 1 is 1.43 bits per heavy atom. The van der Waals surface area contributed by atoms with E-state index in [-0.39, 0.29) is 29.6 Å². The van der Waals surface area contributed by atoms with E-state index in [9.17, 15) is 20.0 Å². The van der Waals surface area contributed by atoms with Crippen molar-refractivity contribution in [1.82, 2.24) is 0 Å². The topological polar surface area (TPSA) is 104 Å². The van der Waals surface area contributed by atoms with Crippen LogP contribution in [0.1, 0.15) is 10.4 Å². The van der Waals surface area contributed by atoms with Crippen LogP contribution >= 0.6 is 0 Å². The second-order valence-corrected chi connectivity index (χ2v) is 2.24. The summed E-state index contributed by atoms with van der Waals surface area (Å²) in [5, 5.41) is 29.5. The van der Waals surface area contributed by atoms with Gasteiger partial charge in [-0.25, -0.2) is 4.79 Å². The van der Waals surface area contributed by atoms with Gasteiger partial charge in [0.2, 0.25) is 0 Å². The van der Waals surface area contributed by atoms with Crippen molar-refractivity contribution in [3.8, 4) is 5.75 Å². The smallest absolute Gasteiger partial charge is 0.872 e. The fraction of sp³-hybridized carbons (Fsp3) is 0. The standard InChI is InChI=1S/C7H5NO5.Na/c9-6-3-4(8(12)13)1-2-5(6)7(10)11;/h1-3,9H,(H,10,11);/q;+1/p-1. The SMILES string of the molecule is O=C(O)c1ccc([N+](=O)[O-])cc1[O-].[Na+]. The van der Waals surface area contributed by atoms with Gasteiger partial charge in [-0.3, -0.25) is 10.1 Å². The second kappa shape index (κ2) is 4.94. The van der Waals surface area contributed by atoms with Gasteiger partial charge in [-0.1, -0.05) is 5.75 Å². The third kappa shape index (κ3) is 2.69. The Labute approximate surface area is 101 Å². The molecule has 0 aliphatic rings. The van der Waals surface area contributed by atoms with Gasteiger partial charge in [0.1, 0.15) is 0 Å². The average molecular weight is 205 g/mol. The third-order valence-corrected chi connectivity index (χ3v) is 1.41. The number of nitro benzene ring substituents is 1. The Kier molecular flexibility index (Phi) is 4.55. The first-order chi connectivity index (χ1) is 6.02. The largest absolute Gasteiger partial charge is 1.00 e. The molecule has 68 valence electrons. The van der Waals surface area contributed by atoms with Crippen molar-refractivity contribution in [1.29, 1.82) is 0 Å². The van der Waals surface area contributed by atoms with Crippen LogP contribution in [-0.4, -0.2) is 16.0 Å². The fourth-order valence-electron chi connectivity index (χ4n) is 0.801. The van der Waals surface area contributed by atoms with Gasteiger partial charge in [-0.2, -0.15) is 0 Å². The van der Waals surface area contributed by atoms with Crippen LogP contribution in [0.3, 0.4) is 0 Å². The van der Waals surface area contributed by atoms with Crippen LogP contribution in [0.5, 0.6) is 5.75 Å². The fourth-order valence-corrected chi connectivity index (χ4v) is 0.801. The molecule has 0 radical (unpaired) electrons. The third-order valence-electron chi connectivity index (χ3n) is 1.41. The number of aromatic carboxylic acids is 1. The van der Waals surface area contributed by atoms with Gasteiger partial charge in [-0.15, -0.1) is 0 Å². The number of benzene rings is 1. The molecule has 0 aromatic heterocycles. The summed E-state index contributed by atoms with van der Waals surface area (Å²) < 4.78 is 0. The average Bonchev–Trinajstić information content (AvgIpc) is 2.03. The summed E-state index contributed by atoms with van der Waals surface area (Å²) in [6, 6.07) is 2.58. The van der Waals surface area contributed by atoms with E-state index in [2.05, 4.69) is 0 Å². The number of non-ortho nitro benzene ring substituents is 1. The van der Waals surface area contributed by atoms with Crippen LogP contribution in [0, 0.1) is 10.1 Å². The van der Waals surface area contributed by atoms with Crippen LogP contribution in [0.15, 0.2) is 18.2 Å². The minimum atomic E-state index is -1.39. The molecule has 0 unspecified atom stereocenters. The maximum absolute atomic E-state index is 10.9. The number of rotatable bonds is 2. The number of carboxylic acids is 1. The number of carbonyl (C=O) groups is 1. The summed E-state index contributed by atoms with van der Waals surface area (Å²) in [4.78, 5) is 19.7. The van der Waals surface area contributed by atoms with Crippen LogP contribution in [0.25, 0.3) is 0 Å². The molecule has 0 amide bonds. The van der Waals surface area contributed by atoms with Crippen LogP contribution in [0.2, 0.25) is 0 Å². The predicted molar refractivity (Wildman–Crippen MR) is 39.5 cm³/mol. The molecule has 1 N–H and O–H groups in total. The minimum Gasteiger partial charge on any atom is -0.872 e. The Balaban J connectivity index is 0.00000169. The number of nitrogens with zero attached hydrogens (tertiary/aromatic N) is 1. The number of hydrogen-bond donors (Lipinski definition) is 1. The molecule has 1 aromatic rings. The molecule has 0 aliphatic heterocycles.